The summed E-state index contributed by atoms with van der Waals surface area (Å²) in [7, 11) is 1.59. The quantitative estimate of drug-likeness (QED) is 0.386. The van der Waals surface area contributed by atoms with E-state index < -0.39 is 0 Å². The van der Waals surface area contributed by atoms with E-state index in [1.165, 1.54) is 11.3 Å². The predicted octanol–water partition coefficient (Wildman–Crippen LogP) is 2.12. The Hall–Kier alpha value is -1.40. The third-order valence-corrected chi connectivity index (χ3v) is 5.39. The molecule has 1 aliphatic rings. The first kappa shape index (κ1) is 16.0. The number of thioether (sulfide) groups is 1. The van der Waals surface area contributed by atoms with Crippen molar-refractivity contribution >= 4 is 17.6 Å². The molecule has 0 bridgehead atoms. The lowest BCUT2D eigenvalue weighted by atomic mass is 10.1. The van der Waals surface area contributed by atoms with Gasteiger partial charge in [0.05, 0.1) is 12.7 Å². The van der Waals surface area contributed by atoms with E-state index in [0.29, 0.717) is 22.6 Å². The van der Waals surface area contributed by atoms with Crippen molar-refractivity contribution in [1.29, 1.82) is 0 Å². The standard InChI is InChI=1S/C15H23N3O2S/c1-10-11(2)21-7-6-18(10)9-12-4-5-13(15(16)17-19)14(8-12)20-3/h4-5,8,10-11,19H,6-7,9H2,1-3H3,(H2,16,17). The highest BCUT2D eigenvalue weighted by atomic mass is 32.2. The van der Waals surface area contributed by atoms with Gasteiger partial charge >= 0.3 is 0 Å². The smallest absolute Gasteiger partial charge is 0.173 e. The average Bonchev–Trinajstić information content (AvgIpc) is 2.51. The van der Waals surface area contributed by atoms with Crippen LogP contribution in [0.2, 0.25) is 0 Å². The van der Waals surface area contributed by atoms with Gasteiger partial charge in [0.25, 0.3) is 0 Å². The third kappa shape index (κ3) is 3.63. The van der Waals surface area contributed by atoms with Gasteiger partial charge in [0.2, 0.25) is 0 Å². The van der Waals surface area contributed by atoms with Crippen LogP contribution in [0.3, 0.4) is 0 Å². The summed E-state index contributed by atoms with van der Waals surface area (Å²) in [4.78, 5) is 2.49. The van der Waals surface area contributed by atoms with Crippen molar-refractivity contribution in [3.8, 4) is 5.75 Å². The summed E-state index contributed by atoms with van der Waals surface area (Å²) < 4.78 is 5.35. The van der Waals surface area contributed by atoms with E-state index in [0.717, 1.165) is 13.1 Å². The van der Waals surface area contributed by atoms with Gasteiger partial charge in [-0.25, -0.2) is 0 Å². The van der Waals surface area contributed by atoms with Gasteiger partial charge in [-0.3, -0.25) is 4.90 Å². The van der Waals surface area contributed by atoms with Crippen molar-refractivity contribution in [3.05, 3.63) is 29.3 Å². The Morgan fingerprint density at radius 1 is 1.52 bits per heavy atom. The van der Waals surface area contributed by atoms with Crippen molar-refractivity contribution in [1.82, 2.24) is 4.90 Å². The van der Waals surface area contributed by atoms with Gasteiger partial charge in [-0.05, 0) is 24.6 Å². The molecule has 1 heterocycles. The summed E-state index contributed by atoms with van der Waals surface area (Å²) in [5, 5.41) is 12.5. The SMILES string of the molecule is COc1cc(CN2CCSC(C)C2C)ccc1/C(N)=N/O. The van der Waals surface area contributed by atoms with Gasteiger partial charge in [-0.1, -0.05) is 18.1 Å². The monoisotopic (exact) mass is 309 g/mol. The number of oxime groups is 1. The van der Waals surface area contributed by atoms with Gasteiger partial charge in [0.1, 0.15) is 5.75 Å². The molecule has 3 N–H and O–H groups in total. The molecular formula is C15H23N3O2S. The highest BCUT2D eigenvalue weighted by Crippen LogP contribution is 2.27. The Kier molecular flexibility index (Phi) is 5.36. The molecule has 2 unspecified atom stereocenters. The average molecular weight is 309 g/mol. The maximum Gasteiger partial charge on any atom is 0.173 e. The second-order valence-corrected chi connectivity index (χ2v) is 6.79. The maximum absolute atomic E-state index is 8.80. The van der Waals surface area contributed by atoms with Crippen LogP contribution >= 0.6 is 11.8 Å². The fourth-order valence-corrected chi connectivity index (χ4v) is 3.71. The van der Waals surface area contributed by atoms with E-state index in [1.54, 1.807) is 7.11 Å². The lowest BCUT2D eigenvalue weighted by Crippen LogP contribution is -2.43. The summed E-state index contributed by atoms with van der Waals surface area (Å²) in [6, 6.07) is 6.37. The Labute approximate surface area is 130 Å². The summed E-state index contributed by atoms with van der Waals surface area (Å²) in [6.45, 7) is 6.54. The molecular weight excluding hydrogens is 286 g/mol. The summed E-state index contributed by atoms with van der Waals surface area (Å²) in [6.07, 6.45) is 0. The molecule has 0 radical (unpaired) electrons. The van der Waals surface area contributed by atoms with Crippen LogP contribution in [0.4, 0.5) is 0 Å². The molecule has 0 amide bonds. The van der Waals surface area contributed by atoms with Gasteiger partial charge in [-0.2, -0.15) is 11.8 Å². The maximum atomic E-state index is 8.80. The van der Waals surface area contributed by atoms with Crippen LogP contribution in [0, 0.1) is 0 Å². The van der Waals surface area contributed by atoms with Crippen LogP contribution in [0.15, 0.2) is 23.4 Å². The number of nitrogens with zero attached hydrogens (tertiary/aromatic N) is 2. The molecule has 0 saturated carbocycles. The number of nitrogens with two attached hydrogens (primary N) is 1. The zero-order chi connectivity index (χ0) is 15.4. The number of amidine groups is 1. The van der Waals surface area contributed by atoms with Crippen molar-refractivity contribution in [2.24, 2.45) is 10.9 Å². The first-order valence-electron chi connectivity index (χ1n) is 7.07. The van der Waals surface area contributed by atoms with E-state index in [-0.39, 0.29) is 5.84 Å². The first-order valence-corrected chi connectivity index (χ1v) is 8.12. The Morgan fingerprint density at radius 2 is 2.29 bits per heavy atom. The van der Waals surface area contributed by atoms with E-state index in [9.17, 15) is 0 Å². The lowest BCUT2D eigenvalue weighted by Gasteiger charge is -2.37. The van der Waals surface area contributed by atoms with Crippen molar-refractivity contribution in [2.75, 3.05) is 19.4 Å². The van der Waals surface area contributed by atoms with Gasteiger partial charge in [-0.15, -0.1) is 0 Å². The second-order valence-electron chi connectivity index (χ2n) is 5.31. The van der Waals surface area contributed by atoms with E-state index >= 15 is 0 Å². The molecule has 1 fully saturated rings. The number of hydrogen-bond donors (Lipinski definition) is 2. The lowest BCUT2D eigenvalue weighted by molar-refractivity contribution is 0.204. The molecule has 1 aromatic rings. The molecule has 21 heavy (non-hydrogen) atoms. The summed E-state index contributed by atoms with van der Waals surface area (Å²) in [5.74, 6) is 1.87. The highest BCUT2D eigenvalue weighted by Gasteiger charge is 2.25. The number of methoxy groups -OCH3 is 1. The minimum Gasteiger partial charge on any atom is -0.496 e. The molecule has 1 aliphatic heterocycles. The molecule has 1 aromatic carbocycles. The van der Waals surface area contributed by atoms with Crippen LogP contribution in [0.5, 0.6) is 5.75 Å². The van der Waals surface area contributed by atoms with E-state index in [1.807, 2.05) is 30.0 Å². The molecule has 5 nitrogen and oxygen atoms in total. The molecule has 2 rings (SSSR count). The third-order valence-electron chi connectivity index (χ3n) is 4.05. The topological polar surface area (TPSA) is 71.1 Å². The Bertz CT molecular complexity index is 522. The molecule has 6 heteroatoms. The van der Waals surface area contributed by atoms with Crippen molar-refractivity contribution < 1.29 is 9.94 Å². The molecule has 0 aliphatic carbocycles. The fraction of sp³-hybridized carbons (Fsp3) is 0.533. The fourth-order valence-electron chi connectivity index (χ4n) is 2.55. The van der Waals surface area contributed by atoms with Crippen LogP contribution in [0.25, 0.3) is 0 Å². The van der Waals surface area contributed by atoms with E-state index in [2.05, 4.69) is 23.9 Å². The number of benzene rings is 1. The van der Waals surface area contributed by atoms with Gasteiger partial charge in [0.15, 0.2) is 5.84 Å². The van der Waals surface area contributed by atoms with Gasteiger partial charge < -0.3 is 15.7 Å². The molecule has 116 valence electrons. The second kappa shape index (κ2) is 7.04. The van der Waals surface area contributed by atoms with Crippen LogP contribution in [0.1, 0.15) is 25.0 Å². The summed E-state index contributed by atoms with van der Waals surface area (Å²) in [5.41, 5.74) is 7.44. The number of hydrogen-bond acceptors (Lipinski definition) is 5. The minimum atomic E-state index is 0.0646. The zero-order valence-electron chi connectivity index (χ0n) is 12.7. The molecule has 1 saturated heterocycles. The number of ether oxygens (including phenoxy) is 1. The predicted molar refractivity (Wildman–Crippen MR) is 87.3 cm³/mol. The highest BCUT2D eigenvalue weighted by molar-refractivity contribution is 8.00. The number of rotatable bonds is 4. The van der Waals surface area contributed by atoms with Crippen LogP contribution in [-0.2, 0) is 6.54 Å². The van der Waals surface area contributed by atoms with E-state index in [4.69, 9.17) is 15.7 Å². The Balaban J connectivity index is 2.17. The molecule has 2 atom stereocenters. The largest absolute Gasteiger partial charge is 0.496 e. The van der Waals surface area contributed by atoms with Crippen molar-refractivity contribution in [3.63, 3.8) is 0 Å². The van der Waals surface area contributed by atoms with Gasteiger partial charge in [0, 0.05) is 30.1 Å². The first-order chi connectivity index (χ1) is 10.1. The van der Waals surface area contributed by atoms with Crippen LogP contribution < -0.4 is 10.5 Å². The zero-order valence-corrected chi connectivity index (χ0v) is 13.6. The van der Waals surface area contributed by atoms with Crippen LogP contribution in [-0.4, -0.2) is 46.6 Å². The Morgan fingerprint density at radius 3 is 2.95 bits per heavy atom. The minimum absolute atomic E-state index is 0.0646. The normalized spacial score (nSPS) is 24.0. The summed E-state index contributed by atoms with van der Waals surface area (Å²) >= 11 is 2.03. The molecule has 0 spiro atoms. The van der Waals surface area contributed by atoms with Crippen molar-refractivity contribution in [2.45, 2.75) is 31.7 Å². The molecule has 0 aromatic heterocycles.